The molecule has 1 fully saturated rings. The lowest BCUT2D eigenvalue weighted by atomic mass is 10.1. The molecule has 2 aromatic rings. The number of benzene rings is 2. The van der Waals surface area contributed by atoms with Gasteiger partial charge in [-0.15, -0.1) is 0 Å². The van der Waals surface area contributed by atoms with Gasteiger partial charge in [0.15, 0.2) is 18.1 Å². The van der Waals surface area contributed by atoms with Gasteiger partial charge in [-0.3, -0.25) is 9.59 Å². The van der Waals surface area contributed by atoms with Gasteiger partial charge in [0.1, 0.15) is 11.5 Å². The summed E-state index contributed by atoms with van der Waals surface area (Å²) in [6.07, 6.45) is 0.688. The molecule has 0 aromatic heterocycles. The molecule has 1 heterocycles. The number of carbonyl (C=O) groups excluding carboxylic acids is 2. The molecule has 0 radical (unpaired) electrons. The fourth-order valence-corrected chi connectivity index (χ4v) is 3.45. The second-order valence-corrected chi connectivity index (χ2v) is 7.07. The summed E-state index contributed by atoms with van der Waals surface area (Å²) >= 11 is 0. The highest BCUT2D eigenvalue weighted by Gasteiger charge is 2.24. The molecule has 0 aliphatic carbocycles. The Morgan fingerprint density at radius 3 is 2.06 bits per heavy atom. The summed E-state index contributed by atoms with van der Waals surface area (Å²) in [5, 5.41) is 0. The van der Waals surface area contributed by atoms with E-state index in [1.807, 2.05) is 12.1 Å². The van der Waals surface area contributed by atoms with Crippen LogP contribution in [0, 0.1) is 0 Å². The number of methoxy groups -OCH3 is 3. The van der Waals surface area contributed by atoms with E-state index in [1.165, 1.54) is 0 Å². The zero-order valence-corrected chi connectivity index (χ0v) is 18.1. The van der Waals surface area contributed by atoms with Gasteiger partial charge in [0.05, 0.1) is 21.3 Å². The van der Waals surface area contributed by atoms with Crippen LogP contribution in [0.2, 0.25) is 0 Å². The molecule has 2 aromatic carbocycles. The van der Waals surface area contributed by atoms with E-state index in [2.05, 4.69) is 0 Å². The predicted octanol–water partition coefficient (Wildman–Crippen LogP) is 2.47. The van der Waals surface area contributed by atoms with Gasteiger partial charge in [-0.25, -0.2) is 0 Å². The van der Waals surface area contributed by atoms with E-state index in [9.17, 15) is 9.59 Å². The van der Waals surface area contributed by atoms with Crippen LogP contribution in [0.15, 0.2) is 42.5 Å². The second kappa shape index (κ2) is 10.6. The van der Waals surface area contributed by atoms with Crippen LogP contribution in [0.4, 0.5) is 0 Å². The van der Waals surface area contributed by atoms with Crippen LogP contribution < -0.4 is 18.9 Å². The molecule has 1 saturated heterocycles. The topological polar surface area (TPSA) is 77.5 Å². The Morgan fingerprint density at radius 2 is 1.42 bits per heavy atom. The highest BCUT2D eigenvalue weighted by Crippen LogP contribution is 2.26. The highest BCUT2D eigenvalue weighted by molar-refractivity contribution is 5.95. The third kappa shape index (κ3) is 5.59. The van der Waals surface area contributed by atoms with Crippen LogP contribution in [0.25, 0.3) is 0 Å². The lowest BCUT2D eigenvalue weighted by Crippen LogP contribution is -2.39. The number of hydrogen-bond donors (Lipinski definition) is 0. The van der Waals surface area contributed by atoms with Gasteiger partial charge in [-0.2, -0.15) is 0 Å². The molecule has 2 amide bonds. The van der Waals surface area contributed by atoms with Crippen molar-refractivity contribution in [2.45, 2.75) is 6.42 Å². The molecule has 0 atom stereocenters. The van der Waals surface area contributed by atoms with Gasteiger partial charge in [0.2, 0.25) is 0 Å². The molecule has 0 N–H and O–H groups in total. The Morgan fingerprint density at radius 1 is 0.806 bits per heavy atom. The highest BCUT2D eigenvalue weighted by atomic mass is 16.5. The minimum atomic E-state index is -0.122. The van der Waals surface area contributed by atoms with Crippen molar-refractivity contribution in [1.29, 1.82) is 0 Å². The molecular formula is C23H28N2O6. The minimum absolute atomic E-state index is 0.0819. The lowest BCUT2D eigenvalue weighted by molar-refractivity contribution is -0.133. The first-order chi connectivity index (χ1) is 15.0. The molecule has 31 heavy (non-hydrogen) atoms. The maximum Gasteiger partial charge on any atom is 0.260 e. The van der Waals surface area contributed by atoms with Crippen LogP contribution >= 0.6 is 0 Å². The summed E-state index contributed by atoms with van der Waals surface area (Å²) in [5.74, 6) is 1.99. The number of carbonyl (C=O) groups is 2. The van der Waals surface area contributed by atoms with Gasteiger partial charge in [0.25, 0.3) is 11.8 Å². The molecule has 0 saturated carbocycles. The largest absolute Gasteiger partial charge is 0.497 e. The summed E-state index contributed by atoms with van der Waals surface area (Å²) in [4.78, 5) is 29.2. The summed E-state index contributed by atoms with van der Waals surface area (Å²) in [5.41, 5.74) is 0.496. The Kier molecular flexibility index (Phi) is 7.59. The fourth-order valence-electron chi connectivity index (χ4n) is 3.45. The second-order valence-electron chi connectivity index (χ2n) is 7.07. The molecule has 3 rings (SSSR count). The van der Waals surface area contributed by atoms with Crippen LogP contribution in [0.5, 0.6) is 23.0 Å². The predicted molar refractivity (Wildman–Crippen MR) is 115 cm³/mol. The van der Waals surface area contributed by atoms with Crippen molar-refractivity contribution in [2.24, 2.45) is 0 Å². The molecule has 8 heteroatoms. The summed E-state index contributed by atoms with van der Waals surface area (Å²) < 4.78 is 21.4. The van der Waals surface area contributed by atoms with Gasteiger partial charge >= 0.3 is 0 Å². The van der Waals surface area contributed by atoms with Crippen molar-refractivity contribution in [3.05, 3.63) is 48.0 Å². The smallest absolute Gasteiger partial charge is 0.260 e. The Balaban J connectivity index is 1.59. The maximum absolute atomic E-state index is 13.0. The first-order valence-electron chi connectivity index (χ1n) is 10.1. The van der Waals surface area contributed by atoms with Crippen LogP contribution in [0.1, 0.15) is 16.8 Å². The van der Waals surface area contributed by atoms with Gasteiger partial charge in [-0.1, -0.05) is 12.1 Å². The first kappa shape index (κ1) is 22.3. The molecular weight excluding hydrogens is 400 g/mol. The Labute approximate surface area is 182 Å². The zero-order valence-electron chi connectivity index (χ0n) is 18.1. The van der Waals surface area contributed by atoms with Crippen molar-refractivity contribution in [1.82, 2.24) is 9.80 Å². The molecule has 0 bridgehead atoms. The molecule has 1 aliphatic heterocycles. The number of amides is 2. The van der Waals surface area contributed by atoms with Crippen LogP contribution in [-0.4, -0.2) is 75.7 Å². The van der Waals surface area contributed by atoms with E-state index < -0.39 is 0 Å². The van der Waals surface area contributed by atoms with E-state index in [0.717, 1.165) is 0 Å². The van der Waals surface area contributed by atoms with Crippen LogP contribution in [-0.2, 0) is 4.79 Å². The molecule has 0 unspecified atom stereocenters. The van der Waals surface area contributed by atoms with Gasteiger partial charge < -0.3 is 28.7 Å². The lowest BCUT2D eigenvalue weighted by Gasteiger charge is -2.23. The summed E-state index contributed by atoms with van der Waals surface area (Å²) in [7, 11) is 4.65. The van der Waals surface area contributed by atoms with E-state index >= 15 is 0 Å². The molecule has 166 valence electrons. The quantitative estimate of drug-likeness (QED) is 0.674. The average molecular weight is 428 g/mol. The third-order valence-corrected chi connectivity index (χ3v) is 5.15. The number of ether oxygens (including phenoxy) is 4. The zero-order chi connectivity index (χ0) is 22.2. The van der Waals surface area contributed by atoms with E-state index in [4.69, 9.17) is 18.9 Å². The van der Waals surface area contributed by atoms with E-state index in [0.29, 0.717) is 61.2 Å². The molecule has 8 nitrogen and oxygen atoms in total. The van der Waals surface area contributed by atoms with Crippen molar-refractivity contribution < 1.29 is 28.5 Å². The maximum atomic E-state index is 13.0. The van der Waals surface area contributed by atoms with Gasteiger partial charge in [-0.05, 0) is 30.7 Å². The Hall–Kier alpha value is -3.42. The van der Waals surface area contributed by atoms with E-state index in [-0.39, 0.29) is 18.4 Å². The average Bonchev–Trinajstić information content (AvgIpc) is 3.08. The Bertz CT molecular complexity index is 894. The SMILES string of the molecule is COc1cc(OC)cc(C(=O)N2CCCN(C(=O)COc3ccccc3OC)CC2)c1. The molecule has 1 aliphatic rings. The van der Waals surface area contributed by atoms with Crippen molar-refractivity contribution in [3.8, 4) is 23.0 Å². The first-order valence-corrected chi connectivity index (χ1v) is 10.1. The van der Waals surface area contributed by atoms with Crippen molar-refractivity contribution in [3.63, 3.8) is 0 Å². The van der Waals surface area contributed by atoms with E-state index in [1.54, 1.807) is 61.5 Å². The number of nitrogens with zero attached hydrogens (tertiary/aromatic N) is 2. The number of hydrogen-bond acceptors (Lipinski definition) is 6. The monoisotopic (exact) mass is 428 g/mol. The number of rotatable bonds is 7. The number of para-hydroxylation sites is 2. The van der Waals surface area contributed by atoms with Crippen molar-refractivity contribution in [2.75, 3.05) is 54.1 Å². The van der Waals surface area contributed by atoms with Gasteiger partial charge in [0, 0.05) is 37.8 Å². The van der Waals surface area contributed by atoms with Crippen molar-refractivity contribution >= 4 is 11.8 Å². The normalized spacial score (nSPS) is 13.9. The van der Waals surface area contributed by atoms with Crippen LogP contribution in [0.3, 0.4) is 0 Å². The standard InChI is InChI=1S/C23H28N2O6/c1-28-18-13-17(14-19(15-18)29-2)23(27)25-10-6-9-24(11-12-25)22(26)16-31-21-8-5-4-7-20(21)30-3/h4-5,7-8,13-15H,6,9-12,16H2,1-3H3. The fraction of sp³-hybridized carbons (Fsp3) is 0.391. The summed E-state index contributed by atoms with van der Waals surface area (Å²) in [6.45, 7) is 1.94. The molecule has 0 spiro atoms. The summed E-state index contributed by atoms with van der Waals surface area (Å²) in [6, 6.07) is 12.3. The minimum Gasteiger partial charge on any atom is -0.497 e. The third-order valence-electron chi connectivity index (χ3n) is 5.15.